The van der Waals surface area contributed by atoms with E-state index in [0.29, 0.717) is 26.2 Å². The number of likely N-dealkylation sites (N-methyl/N-ethyl adjacent to an activating group) is 1. The second-order valence-corrected chi connectivity index (χ2v) is 6.73. The molecule has 6 nitrogen and oxygen atoms in total. The number of benzene rings is 1. The van der Waals surface area contributed by atoms with E-state index < -0.39 is 0 Å². The Morgan fingerprint density at radius 1 is 1.12 bits per heavy atom. The molecule has 0 spiro atoms. The van der Waals surface area contributed by atoms with Crippen molar-refractivity contribution in [1.29, 1.82) is 0 Å². The molecule has 1 saturated heterocycles. The van der Waals surface area contributed by atoms with Crippen LogP contribution in [0.2, 0.25) is 0 Å². The van der Waals surface area contributed by atoms with E-state index in [4.69, 9.17) is 0 Å². The summed E-state index contributed by atoms with van der Waals surface area (Å²) in [4.78, 5) is 30.5. The minimum atomic E-state index is 0.0519. The van der Waals surface area contributed by atoms with Crippen molar-refractivity contribution in [1.82, 2.24) is 15.1 Å². The second-order valence-electron chi connectivity index (χ2n) is 6.73. The van der Waals surface area contributed by atoms with Crippen molar-refractivity contribution in [3.63, 3.8) is 0 Å². The van der Waals surface area contributed by atoms with E-state index in [1.54, 1.807) is 0 Å². The number of nitrogens with one attached hydrogen (secondary N) is 1. The molecule has 0 aromatic heterocycles. The fraction of sp³-hybridized carbons (Fsp3) is 0.579. The van der Waals surface area contributed by atoms with Gasteiger partial charge in [-0.05, 0) is 32.9 Å². The summed E-state index contributed by atoms with van der Waals surface area (Å²) in [6.07, 6.45) is 0. The van der Waals surface area contributed by atoms with Crippen LogP contribution in [0, 0.1) is 0 Å². The van der Waals surface area contributed by atoms with Crippen molar-refractivity contribution in [2.75, 3.05) is 50.7 Å². The molecule has 0 bridgehead atoms. The molecule has 0 radical (unpaired) electrons. The van der Waals surface area contributed by atoms with Gasteiger partial charge >= 0.3 is 0 Å². The number of amides is 2. The Balaban J connectivity index is 1.80. The van der Waals surface area contributed by atoms with Crippen LogP contribution < -0.4 is 10.2 Å². The van der Waals surface area contributed by atoms with Crippen molar-refractivity contribution in [3.05, 3.63) is 30.3 Å². The monoisotopic (exact) mass is 346 g/mol. The Hall–Kier alpha value is -2.08. The second kappa shape index (κ2) is 9.42. The predicted molar refractivity (Wildman–Crippen MR) is 101 cm³/mol. The highest BCUT2D eigenvalue weighted by atomic mass is 16.2. The first-order valence-electron chi connectivity index (χ1n) is 9.09. The Labute approximate surface area is 150 Å². The Kier molecular flexibility index (Phi) is 7.25. The van der Waals surface area contributed by atoms with Crippen molar-refractivity contribution in [2.24, 2.45) is 0 Å². The lowest BCUT2D eigenvalue weighted by Gasteiger charge is -2.35. The molecule has 2 rings (SSSR count). The molecule has 1 aliphatic rings. The van der Waals surface area contributed by atoms with Crippen molar-refractivity contribution >= 4 is 17.5 Å². The van der Waals surface area contributed by atoms with Gasteiger partial charge in [-0.25, -0.2) is 0 Å². The molecular formula is C19H30N4O2. The van der Waals surface area contributed by atoms with Crippen LogP contribution in [-0.4, -0.2) is 73.5 Å². The number of hydrogen-bond donors (Lipinski definition) is 1. The molecule has 138 valence electrons. The Bertz CT molecular complexity index is 554. The molecule has 1 N–H and O–H groups in total. The topological polar surface area (TPSA) is 55.9 Å². The largest absolute Gasteiger partial charge is 0.362 e. The fourth-order valence-corrected chi connectivity index (χ4v) is 3.01. The van der Waals surface area contributed by atoms with Gasteiger partial charge in [0.25, 0.3) is 0 Å². The zero-order valence-corrected chi connectivity index (χ0v) is 15.6. The van der Waals surface area contributed by atoms with E-state index in [1.165, 1.54) is 0 Å². The minimum absolute atomic E-state index is 0.0519. The van der Waals surface area contributed by atoms with E-state index in [-0.39, 0.29) is 17.9 Å². The number of para-hydroxylation sites is 1. The van der Waals surface area contributed by atoms with Crippen LogP contribution in [0.4, 0.5) is 5.69 Å². The fourth-order valence-electron chi connectivity index (χ4n) is 3.01. The molecule has 6 heteroatoms. The van der Waals surface area contributed by atoms with Gasteiger partial charge in [0.2, 0.25) is 11.8 Å². The highest BCUT2D eigenvalue weighted by Crippen LogP contribution is 2.13. The Morgan fingerprint density at radius 2 is 1.76 bits per heavy atom. The smallest absolute Gasteiger partial charge is 0.242 e. The number of carbonyl (C=O) groups excluding carboxylic acids is 2. The predicted octanol–water partition coefficient (Wildman–Crippen LogP) is 1.18. The number of carbonyl (C=O) groups is 2. The van der Waals surface area contributed by atoms with Gasteiger partial charge in [-0.15, -0.1) is 0 Å². The number of hydrogen-bond acceptors (Lipinski definition) is 4. The van der Waals surface area contributed by atoms with Gasteiger partial charge in [0.1, 0.15) is 0 Å². The van der Waals surface area contributed by atoms with Gasteiger partial charge in [-0.1, -0.05) is 18.2 Å². The van der Waals surface area contributed by atoms with Crippen LogP contribution in [0.25, 0.3) is 0 Å². The van der Waals surface area contributed by atoms with Crippen molar-refractivity contribution < 1.29 is 9.59 Å². The standard InChI is InChI=1S/C19H30N4O2/c1-4-22(17-8-6-5-7-9-17)15-19(25)23-12-10-21(11-13-23)14-18(24)20-16(2)3/h5-9,16H,4,10-15H2,1-3H3,(H,20,24). The molecule has 0 unspecified atom stereocenters. The van der Waals surface area contributed by atoms with E-state index in [2.05, 4.69) is 22.0 Å². The summed E-state index contributed by atoms with van der Waals surface area (Å²) in [5.74, 6) is 0.202. The van der Waals surface area contributed by atoms with Gasteiger partial charge < -0.3 is 15.1 Å². The van der Waals surface area contributed by atoms with Crippen LogP contribution in [0.5, 0.6) is 0 Å². The summed E-state index contributed by atoms with van der Waals surface area (Å²) >= 11 is 0. The number of nitrogens with zero attached hydrogens (tertiary/aromatic N) is 3. The van der Waals surface area contributed by atoms with Crippen LogP contribution in [0.15, 0.2) is 30.3 Å². The van der Waals surface area contributed by atoms with Crippen LogP contribution in [0.1, 0.15) is 20.8 Å². The maximum atomic E-state index is 12.6. The highest BCUT2D eigenvalue weighted by molar-refractivity contribution is 5.82. The van der Waals surface area contributed by atoms with Crippen LogP contribution >= 0.6 is 0 Å². The van der Waals surface area contributed by atoms with E-state index in [0.717, 1.165) is 25.3 Å². The lowest BCUT2D eigenvalue weighted by atomic mass is 10.2. The van der Waals surface area contributed by atoms with Gasteiger partial charge in [0.05, 0.1) is 13.1 Å². The molecule has 25 heavy (non-hydrogen) atoms. The summed E-state index contributed by atoms with van der Waals surface area (Å²) in [5, 5.41) is 2.91. The van der Waals surface area contributed by atoms with Crippen molar-refractivity contribution in [3.8, 4) is 0 Å². The maximum Gasteiger partial charge on any atom is 0.242 e. The third kappa shape index (κ3) is 6.05. The molecule has 0 saturated carbocycles. The van der Waals surface area contributed by atoms with Gasteiger partial charge in [-0.2, -0.15) is 0 Å². The zero-order chi connectivity index (χ0) is 18.2. The lowest BCUT2D eigenvalue weighted by Crippen LogP contribution is -2.53. The molecule has 1 aliphatic heterocycles. The van der Waals surface area contributed by atoms with E-state index in [9.17, 15) is 9.59 Å². The molecule has 0 aliphatic carbocycles. The molecule has 1 aromatic carbocycles. The van der Waals surface area contributed by atoms with Gasteiger partial charge in [-0.3, -0.25) is 14.5 Å². The summed E-state index contributed by atoms with van der Waals surface area (Å²) in [6.45, 7) is 10.4. The average molecular weight is 346 g/mol. The first-order valence-corrected chi connectivity index (χ1v) is 9.09. The van der Waals surface area contributed by atoms with Gasteiger partial charge in [0.15, 0.2) is 0 Å². The number of rotatable bonds is 7. The molecule has 1 aromatic rings. The minimum Gasteiger partial charge on any atom is -0.362 e. The normalized spacial score (nSPS) is 15.3. The van der Waals surface area contributed by atoms with Crippen LogP contribution in [0.3, 0.4) is 0 Å². The summed E-state index contributed by atoms with van der Waals surface area (Å²) in [7, 11) is 0. The first-order chi connectivity index (χ1) is 12.0. The maximum absolute atomic E-state index is 12.6. The van der Waals surface area contributed by atoms with E-state index in [1.807, 2.05) is 49.1 Å². The van der Waals surface area contributed by atoms with Crippen LogP contribution in [-0.2, 0) is 9.59 Å². The highest BCUT2D eigenvalue weighted by Gasteiger charge is 2.23. The molecule has 2 amide bonds. The summed E-state index contributed by atoms with van der Waals surface area (Å²) in [6, 6.07) is 10.2. The number of anilines is 1. The SMILES string of the molecule is CCN(CC(=O)N1CCN(CC(=O)NC(C)C)CC1)c1ccccc1. The first kappa shape index (κ1) is 19.2. The quantitative estimate of drug-likeness (QED) is 0.806. The molecule has 1 fully saturated rings. The summed E-state index contributed by atoms with van der Waals surface area (Å²) < 4.78 is 0. The summed E-state index contributed by atoms with van der Waals surface area (Å²) in [5.41, 5.74) is 1.07. The molecule has 1 heterocycles. The van der Waals surface area contributed by atoms with Crippen molar-refractivity contribution in [2.45, 2.75) is 26.8 Å². The third-order valence-corrected chi connectivity index (χ3v) is 4.37. The average Bonchev–Trinajstić information content (AvgIpc) is 2.60. The lowest BCUT2D eigenvalue weighted by molar-refractivity contribution is -0.131. The van der Waals surface area contributed by atoms with Gasteiger partial charge in [0, 0.05) is 44.5 Å². The Morgan fingerprint density at radius 3 is 2.32 bits per heavy atom. The zero-order valence-electron chi connectivity index (χ0n) is 15.6. The number of piperazine rings is 1. The molecule has 0 atom stereocenters. The third-order valence-electron chi connectivity index (χ3n) is 4.37. The van der Waals surface area contributed by atoms with E-state index >= 15 is 0 Å². The molecular weight excluding hydrogens is 316 g/mol.